The van der Waals surface area contributed by atoms with Crippen LogP contribution in [-0.4, -0.2) is 6.26 Å². The lowest BCUT2D eigenvalue weighted by molar-refractivity contribution is 1.03. The van der Waals surface area contributed by atoms with E-state index in [0.29, 0.717) is 6.54 Å². The molecule has 0 aliphatic rings. The highest BCUT2D eigenvalue weighted by Gasteiger charge is 1.94. The van der Waals surface area contributed by atoms with Gasteiger partial charge in [0.05, 0.1) is 0 Å². The first-order valence-corrected chi connectivity index (χ1v) is 4.43. The van der Waals surface area contributed by atoms with Gasteiger partial charge in [-0.05, 0) is 17.9 Å². The van der Waals surface area contributed by atoms with Crippen molar-refractivity contribution in [3.8, 4) is 0 Å². The summed E-state index contributed by atoms with van der Waals surface area (Å²) < 4.78 is 0. The van der Waals surface area contributed by atoms with Crippen molar-refractivity contribution in [1.29, 1.82) is 0 Å². The molecule has 0 saturated carbocycles. The molecule has 0 bridgehead atoms. The molecule has 0 heterocycles. The van der Waals surface area contributed by atoms with Crippen molar-refractivity contribution in [2.45, 2.75) is 11.4 Å². The van der Waals surface area contributed by atoms with Gasteiger partial charge in [0, 0.05) is 11.4 Å². The van der Waals surface area contributed by atoms with Crippen LogP contribution in [0.15, 0.2) is 29.2 Å². The van der Waals surface area contributed by atoms with E-state index in [1.807, 2.05) is 12.1 Å². The maximum Gasteiger partial charge on any atom is 0.0189 e. The van der Waals surface area contributed by atoms with E-state index in [2.05, 4.69) is 18.4 Å². The van der Waals surface area contributed by atoms with Crippen molar-refractivity contribution < 1.29 is 0 Å². The van der Waals surface area contributed by atoms with Crippen molar-refractivity contribution in [2.75, 3.05) is 6.26 Å². The van der Waals surface area contributed by atoms with Crippen LogP contribution in [0.25, 0.3) is 0 Å². The Morgan fingerprint density at radius 2 is 2.00 bits per heavy atom. The van der Waals surface area contributed by atoms with Gasteiger partial charge in [0.15, 0.2) is 0 Å². The van der Waals surface area contributed by atoms with Crippen molar-refractivity contribution in [3.63, 3.8) is 0 Å². The molecule has 3 heteroatoms. The Labute approximate surface area is 77.8 Å². The third-order valence-corrected chi connectivity index (χ3v) is 2.25. The lowest BCUT2D eigenvalue weighted by Crippen LogP contribution is -1.97. The van der Waals surface area contributed by atoms with Crippen LogP contribution in [0.4, 0.5) is 0 Å². The normalized spacial score (nSPS) is 8.91. The van der Waals surface area contributed by atoms with Crippen LogP contribution in [0.5, 0.6) is 0 Å². The fourth-order valence-corrected chi connectivity index (χ4v) is 1.50. The van der Waals surface area contributed by atoms with Gasteiger partial charge in [-0.2, -0.15) is 0 Å². The predicted molar refractivity (Wildman–Crippen MR) is 53.4 cm³/mol. The van der Waals surface area contributed by atoms with E-state index in [4.69, 9.17) is 5.73 Å². The zero-order chi connectivity index (χ0) is 7.40. The molecular formula is C8H12ClNS. The Kier molecular flexibility index (Phi) is 5.38. The summed E-state index contributed by atoms with van der Waals surface area (Å²) in [5.41, 5.74) is 6.74. The second-order valence-electron chi connectivity index (χ2n) is 2.02. The summed E-state index contributed by atoms with van der Waals surface area (Å²) in [6.45, 7) is 0.636. The Balaban J connectivity index is 0.000001000. The molecule has 0 spiro atoms. The standard InChI is InChI=1S/C8H11NS.ClH/c1-10-8-5-3-2-4-7(8)6-9;/h2-5H,6,9H2,1H3;1H. The maximum absolute atomic E-state index is 5.51. The van der Waals surface area contributed by atoms with Crippen LogP contribution in [0.3, 0.4) is 0 Å². The average Bonchev–Trinajstić information content (AvgIpc) is 2.04. The molecule has 0 aromatic heterocycles. The number of halogens is 1. The average molecular weight is 190 g/mol. The third kappa shape index (κ3) is 2.73. The lowest BCUT2D eigenvalue weighted by atomic mass is 10.2. The first-order valence-electron chi connectivity index (χ1n) is 3.20. The minimum Gasteiger partial charge on any atom is -0.326 e. The number of nitrogens with two attached hydrogens (primary N) is 1. The highest BCUT2D eigenvalue weighted by atomic mass is 35.5. The Morgan fingerprint density at radius 3 is 2.45 bits per heavy atom. The first-order chi connectivity index (χ1) is 4.88. The van der Waals surface area contributed by atoms with E-state index >= 15 is 0 Å². The third-order valence-electron chi connectivity index (χ3n) is 1.41. The van der Waals surface area contributed by atoms with Gasteiger partial charge >= 0.3 is 0 Å². The van der Waals surface area contributed by atoms with E-state index in [-0.39, 0.29) is 12.4 Å². The summed E-state index contributed by atoms with van der Waals surface area (Å²) in [5.74, 6) is 0. The topological polar surface area (TPSA) is 26.0 Å². The Morgan fingerprint density at radius 1 is 1.36 bits per heavy atom. The Bertz CT molecular complexity index is 192. The minimum absolute atomic E-state index is 0. The predicted octanol–water partition coefficient (Wildman–Crippen LogP) is 2.29. The van der Waals surface area contributed by atoms with E-state index in [0.717, 1.165) is 0 Å². The van der Waals surface area contributed by atoms with Gasteiger partial charge in [-0.3, -0.25) is 0 Å². The van der Waals surface area contributed by atoms with Gasteiger partial charge in [0.2, 0.25) is 0 Å². The van der Waals surface area contributed by atoms with Crippen molar-refractivity contribution in [3.05, 3.63) is 29.8 Å². The zero-order valence-corrected chi connectivity index (χ0v) is 8.04. The van der Waals surface area contributed by atoms with Gasteiger partial charge in [-0.25, -0.2) is 0 Å². The van der Waals surface area contributed by atoms with Gasteiger partial charge in [0.1, 0.15) is 0 Å². The van der Waals surface area contributed by atoms with Crippen LogP contribution in [0.1, 0.15) is 5.56 Å². The summed E-state index contributed by atoms with van der Waals surface area (Å²) in [6, 6.07) is 8.20. The SMILES string of the molecule is CSc1ccccc1CN.Cl. The van der Waals surface area contributed by atoms with Crippen LogP contribution in [0, 0.1) is 0 Å². The fraction of sp³-hybridized carbons (Fsp3) is 0.250. The molecule has 1 aromatic carbocycles. The van der Waals surface area contributed by atoms with E-state index in [1.54, 1.807) is 11.8 Å². The van der Waals surface area contributed by atoms with E-state index in [1.165, 1.54) is 10.5 Å². The quantitative estimate of drug-likeness (QED) is 0.723. The number of hydrogen-bond donors (Lipinski definition) is 1. The minimum atomic E-state index is 0. The second-order valence-corrected chi connectivity index (χ2v) is 2.86. The summed E-state index contributed by atoms with van der Waals surface area (Å²) in [4.78, 5) is 1.28. The molecule has 0 aliphatic carbocycles. The lowest BCUT2D eigenvalue weighted by Gasteiger charge is -2.01. The fourth-order valence-electron chi connectivity index (χ4n) is 0.872. The molecule has 11 heavy (non-hydrogen) atoms. The molecule has 0 unspecified atom stereocenters. The molecule has 0 radical (unpaired) electrons. The Hall–Kier alpha value is -0.180. The number of thioether (sulfide) groups is 1. The van der Waals surface area contributed by atoms with Gasteiger partial charge in [-0.1, -0.05) is 18.2 Å². The van der Waals surface area contributed by atoms with Gasteiger partial charge < -0.3 is 5.73 Å². The molecular weight excluding hydrogens is 178 g/mol. The molecule has 1 aromatic rings. The smallest absolute Gasteiger partial charge is 0.0189 e. The van der Waals surface area contributed by atoms with Crippen LogP contribution in [-0.2, 0) is 6.54 Å². The molecule has 0 atom stereocenters. The van der Waals surface area contributed by atoms with Crippen LogP contribution < -0.4 is 5.73 Å². The van der Waals surface area contributed by atoms with Crippen molar-refractivity contribution in [2.24, 2.45) is 5.73 Å². The van der Waals surface area contributed by atoms with Crippen LogP contribution in [0.2, 0.25) is 0 Å². The molecule has 1 rings (SSSR count). The maximum atomic E-state index is 5.51. The molecule has 0 aliphatic heterocycles. The van der Waals surface area contributed by atoms with Crippen LogP contribution >= 0.6 is 24.2 Å². The molecule has 0 saturated heterocycles. The second kappa shape index (κ2) is 5.47. The molecule has 1 nitrogen and oxygen atoms in total. The zero-order valence-electron chi connectivity index (χ0n) is 6.41. The van der Waals surface area contributed by atoms with Gasteiger partial charge in [0.25, 0.3) is 0 Å². The number of hydrogen-bond acceptors (Lipinski definition) is 2. The first kappa shape index (κ1) is 10.8. The summed E-state index contributed by atoms with van der Waals surface area (Å²) in [6.07, 6.45) is 2.06. The highest BCUT2D eigenvalue weighted by molar-refractivity contribution is 7.98. The van der Waals surface area contributed by atoms with E-state index in [9.17, 15) is 0 Å². The summed E-state index contributed by atoms with van der Waals surface area (Å²) >= 11 is 1.74. The molecule has 0 amide bonds. The molecule has 62 valence electrons. The van der Waals surface area contributed by atoms with Gasteiger partial charge in [-0.15, -0.1) is 24.2 Å². The highest BCUT2D eigenvalue weighted by Crippen LogP contribution is 2.18. The monoisotopic (exact) mass is 189 g/mol. The van der Waals surface area contributed by atoms with Crippen molar-refractivity contribution >= 4 is 24.2 Å². The molecule has 0 fully saturated rings. The molecule has 2 N–H and O–H groups in total. The number of rotatable bonds is 2. The summed E-state index contributed by atoms with van der Waals surface area (Å²) in [5, 5.41) is 0. The number of benzene rings is 1. The van der Waals surface area contributed by atoms with Crippen molar-refractivity contribution in [1.82, 2.24) is 0 Å². The summed E-state index contributed by atoms with van der Waals surface area (Å²) in [7, 11) is 0. The van der Waals surface area contributed by atoms with E-state index < -0.39 is 0 Å². The largest absolute Gasteiger partial charge is 0.326 e.